The van der Waals surface area contributed by atoms with Crippen LogP contribution in [0.2, 0.25) is 0 Å². The van der Waals surface area contributed by atoms with Gasteiger partial charge in [-0.1, -0.05) is 58.9 Å². The predicted molar refractivity (Wildman–Crippen MR) is 128 cm³/mol. The number of hydrogen-bond acceptors (Lipinski definition) is 4. The molecule has 0 radical (unpaired) electrons. The second-order valence-corrected chi connectivity index (χ2v) is 10.4. The van der Waals surface area contributed by atoms with E-state index in [1.807, 2.05) is 41.0 Å². The lowest BCUT2D eigenvalue weighted by atomic mass is 9.72. The first kappa shape index (κ1) is 23.8. The number of aliphatic hydroxyl groups is 1. The van der Waals surface area contributed by atoms with Gasteiger partial charge in [0.05, 0.1) is 24.0 Å². The molecule has 0 spiro atoms. The minimum atomic E-state index is -0.767. The van der Waals surface area contributed by atoms with Crippen LogP contribution in [0.4, 0.5) is 0 Å². The number of imidazole rings is 1. The molecule has 0 unspecified atom stereocenters. The zero-order valence-corrected chi connectivity index (χ0v) is 19.8. The highest BCUT2D eigenvalue weighted by atomic mass is 16.5. The van der Waals surface area contributed by atoms with E-state index in [1.165, 1.54) is 5.56 Å². The molecular formula is C26H35N3O3. The number of nitrogens with zero attached hydrogens (tertiary/aromatic N) is 2. The Morgan fingerprint density at radius 1 is 1.09 bits per heavy atom. The summed E-state index contributed by atoms with van der Waals surface area (Å²) in [6.45, 7) is 11.7. The summed E-state index contributed by atoms with van der Waals surface area (Å²) in [7, 11) is 0. The van der Waals surface area contributed by atoms with Gasteiger partial charge in [-0.2, -0.15) is 0 Å². The highest BCUT2D eigenvalue weighted by molar-refractivity contribution is 5.80. The van der Waals surface area contributed by atoms with E-state index in [0.29, 0.717) is 11.6 Å². The number of carbonyl (C=O) groups excluding carboxylic acids is 1. The van der Waals surface area contributed by atoms with Crippen LogP contribution in [0.5, 0.6) is 5.75 Å². The molecule has 6 heteroatoms. The zero-order chi connectivity index (χ0) is 23.5. The molecule has 0 saturated carbocycles. The maximum absolute atomic E-state index is 11.5. The van der Waals surface area contributed by atoms with E-state index >= 15 is 0 Å². The highest BCUT2D eigenvalue weighted by Gasteiger charge is 2.27. The Hall–Kier alpha value is -2.86. The fourth-order valence-electron chi connectivity index (χ4n) is 4.51. The van der Waals surface area contributed by atoms with Crippen molar-refractivity contribution in [3.8, 4) is 5.75 Å². The van der Waals surface area contributed by atoms with Crippen molar-refractivity contribution < 1.29 is 14.6 Å². The summed E-state index contributed by atoms with van der Waals surface area (Å²) in [6, 6.07) is 15.7. The predicted octanol–water partition coefficient (Wildman–Crippen LogP) is 4.22. The Balaban J connectivity index is 1.65. The van der Waals surface area contributed by atoms with Crippen LogP contribution in [0.1, 0.15) is 52.4 Å². The first-order valence-electron chi connectivity index (χ1n) is 11.1. The fraction of sp³-hybridized carbons (Fsp3) is 0.462. The molecule has 0 saturated heterocycles. The van der Waals surface area contributed by atoms with E-state index in [1.54, 1.807) is 0 Å². The van der Waals surface area contributed by atoms with Crippen molar-refractivity contribution >= 4 is 16.9 Å². The second-order valence-electron chi connectivity index (χ2n) is 10.4. The lowest BCUT2D eigenvalue weighted by Gasteiger charge is -2.33. The summed E-state index contributed by atoms with van der Waals surface area (Å²) in [5, 5.41) is 10.6. The average Bonchev–Trinajstić information content (AvgIpc) is 3.01. The standard InChI is InChI=1S/C26H35N3O3/c1-25(2,3)17-26(4,5)18-10-12-20(13-11-18)32-16-19(30)15-29-22-9-7-6-8-21(22)28-24(29)14-23(27)31/h6-13,19,30H,14-17H2,1-5H3,(H2,27,31)/t19-/m0/s1. The topological polar surface area (TPSA) is 90.4 Å². The first-order valence-corrected chi connectivity index (χ1v) is 11.1. The number of aliphatic hydroxyl groups excluding tert-OH is 1. The van der Waals surface area contributed by atoms with Gasteiger partial charge in [0.25, 0.3) is 0 Å². The van der Waals surface area contributed by atoms with Crippen LogP contribution in [0.3, 0.4) is 0 Å². The van der Waals surface area contributed by atoms with Crippen molar-refractivity contribution in [1.82, 2.24) is 9.55 Å². The summed E-state index contributed by atoms with van der Waals surface area (Å²) in [5.74, 6) is 0.803. The van der Waals surface area contributed by atoms with Crippen molar-refractivity contribution in [3.63, 3.8) is 0 Å². The van der Waals surface area contributed by atoms with Gasteiger partial charge in [0.15, 0.2) is 0 Å². The molecule has 172 valence electrons. The lowest BCUT2D eigenvalue weighted by molar-refractivity contribution is -0.117. The molecule has 0 fully saturated rings. The molecule has 1 aromatic heterocycles. The minimum absolute atomic E-state index is 0.0219. The Morgan fingerprint density at radius 3 is 2.38 bits per heavy atom. The monoisotopic (exact) mass is 437 g/mol. The molecule has 6 nitrogen and oxygen atoms in total. The summed E-state index contributed by atoms with van der Waals surface area (Å²) in [4.78, 5) is 15.9. The van der Waals surface area contributed by atoms with E-state index in [9.17, 15) is 9.90 Å². The number of hydrogen-bond donors (Lipinski definition) is 2. The third-order valence-electron chi connectivity index (χ3n) is 5.51. The molecule has 0 bridgehead atoms. The lowest BCUT2D eigenvalue weighted by Crippen LogP contribution is -2.26. The zero-order valence-electron chi connectivity index (χ0n) is 19.8. The Kier molecular flexibility index (Phi) is 6.94. The average molecular weight is 438 g/mol. The number of para-hydroxylation sites is 2. The van der Waals surface area contributed by atoms with E-state index in [4.69, 9.17) is 10.5 Å². The number of rotatable bonds is 9. The van der Waals surface area contributed by atoms with Gasteiger partial charge in [0.2, 0.25) is 5.91 Å². The molecule has 0 aliphatic carbocycles. The largest absolute Gasteiger partial charge is 0.491 e. The summed E-state index contributed by atoms with van der Waals surface area (Å²) in [6.07, 6.45) is 0.329. The number of carbonyl (C=O) groups is 1. The number of fused-ring (bicyclic) bond motifs is 1. The maximum Gasteiger partial charge on any atom is 0.225 e. The molecular weight excluding hydrogens is 402 g/mol. The number of amides is 1. The normalized spacial score (nSPS) is 13.3. The quantitative estimate of drug-likeness (QED) is 0.524. The molecule has 32 heavy (non-hydrogen) atoms. The van der Waals surface area contributed by atoms with Gasteiger partial charge in [-0.15, -0.1) is 0 Å². The number of primary amides is 1. The van der Waals surface area contributed by atoms with Crippen LogP contribution >= 0.6 is 0 Å². The van der Waals surface area contributed by atoms with E-state index in [-0.39, 0.29) is 30.4 Å². The van der Waals surface area contributed by atoms with E-state index in [0.717, 1.165) is 17.5 Å². The summed E-state index contributed by atoms with van der Waals surface area (Å²) < 4.78 is 7.68. The van der Waals surface area contributed by atoms with Gasteiger partial charge in [-0.05, 0) is 47.1 Å². The van der Waals surface area contributed by atoms with Gasteiger partial charge in [0.1, 0.15) is 24.3 Å². The van der Waals surface area contributed by atoms with Gasteiger partial charge in [-0.3, -0.25) is 4.79 Å². The molecule has 0 aliphatic heterocycles. The van der Waals surface area contributed by atoms with Gasteiger partial charge in [0, 0.05) is 0 Å². The molecule has 1 heterocycles. The van der Waals surface area contributed by atoms with Crippen LogP contribution in [-0.2, 0) is 23.2 Å². The third kappa shape index (κ3) is 6.10. The second kappa shape index (κ2) is 9.33. The summed E-state index contributed by atoms with van der Waals surface area (Å²) in [5.41, 5.74) is 8.58. The molecule has 3 N–H and O–H groups in total. The van der Waals surface area contributed by atoms with Crippen LogP contribution in [-0.4, -0.2) is 33.3 Å². The van der Waals surface area contributed by atoms with E-state index < -0.39 is 12.0 Å². The molecule has 1 amide bonds. The molecule has 3 rings (SSSR count). The van der Waals surface area contributed by atoms with E-state index in [2.05, 4.69) is 51.7 Å². The van der Waals surface area contributed by atoms with Crippen LogP contribution in [0, 0.1) is 5.41 Å². The van der Waals surface area contributed by atoms with Crippen LogP contribution in [0.25, 0.3) is 11.0 Å². The summed E-state index contributed by atoms with van der Waals surface area (Å²) >= 11 is 0. The Bertz CT molecular complexity index is 1060. The van der Waals surface area contributed by atoms with Crippen molar-refractivity contribution in [3.05, 3.63) is 59.9 Å². The van der Waals surface area contributed by atoms with Gasteiger partial charge < -0.3 is 20.1 Å². The highest BCUT2D eigenvalue weighted by Crippen LogP contribution is 2.36. The Morgan fingerprint density at radius 2 is 1.75 bits per heavy atom. The van der Waals surface area contributed by atoms with Gasteiger partial charge in [-0.25, -0.2) is 4.98 Å². The first-order chi connectivity index (χ1) is 14.9. The number of benzene rings is 2. The number of ether oxygens (including phenoxy) is 1. The minimum Gasteiger partial charge on any atom is -0.491 e. The van der Waals surface area contributed by atoms with Crippen molar-refractivity contribution in [2.45, 2.75) is 65.5 Å². The number of aromatic nitrogens is 2. The van der Waals surface area contributed by atoms with Crippen molar-refractivity contribution in [2.24, 2.45) is 11.1 Å². The fourth-order valence-corrected chi connectivity index (χ4v) is 4.51. The Labute approximate surface area is 190 Å². The van der Waals surface area contributed by atoms with Crippen molar-refractivity contribution in [2.75, 3.05) is 6.61 Å². The maximum atomic E-state index is 11.5. The molecule has 2 aromatic carbocycles. The van der Waals surface area contributed by atoms with Crippen LogP contribution < -0.4 is 10.5 Å². The van der Waals surface area contributed by atoms with Gasteiger partial charge >= 0.3 is 0 Å². The third-order valence-corrected chi connectivity index (χ3v) is 5.51. The smallest absolute Gasteiger partial charge is 0.225 e. The van der Waals surface area contributed by atoms with Crippen LogP contribution in [0.15, 0.2) is 48.5 Å². The number of nitrogens with two attached hydrogens (primary N) is 1. The SMILES string of the molecule is CC(C)(C)CC(C)(C)c1ccc(OC[C@@H](O)Cn2c(CC(N)=O)nc3ccccc32)cc1. The molecule has 3 aromatic rings. The molecule has 0 aliphatic rings. The van der Waals surface area contributed by atoms with Crippen molar-refractivity contribution in [1.29, 1.82) is 0 Å². The molecule has 1 atom stereocenters.